The van der Waals surface area contributed by atoms with Crippen LogP contribution < -0.4 is 10.2 Å². The lowest BCUT2D eigenvalue weighted by molar-refractivity contribution is -0.384. The molecule has 1 saturated carbocycles. The standard InChI is InChI=1S/C17H20N4O5/c1-17(10-18,12-5-6-12)19-15(22)9-26-16(23)11-4-7-13(20(2)3)14(8-11)21(24)25/h4,7-8,12H,5-6,9H2,1-3H3,(H,19,22)/t17-/m0/s1. The molecule has 1 aliphatic rings. The van der Waals surface area contributed by atoms with Gasteiger partial charge in [0.05, 0.1) is 16.6 Å². The lowest BCUT2D eigenvalue weighted by Crippen LogP contribution is -2.48. The van der Waals surface area contributed by atoms with E-state index in [0.29, 0.717) is 5.69 Å². The quantitative estimate of drug-likeness (QED) is 0.445. The highest BCUT2D eigenvalue weighted by Crippen LogP contribution is 2.39. The Morgan fingerprint density at radius 3 is 2.62 bits per heavy atom. The lowest BCUT2D eigenvalue weighted by Gasteiger charge is -2.22. The summed E-state index contributed by atoms with van der Waals surface area (Å²) in [5, 5.41) is 22.9. The van der Waals surface area contributed by atoms with Crippen molar-refractivity contribution in [2.45, 2.75) is 25.3 Å². The third-order valence-electron chi connectivity index (χ3n) is 4.25. The number of nitro benzene ring substituents is 1. The van der Waals surface area contributed by atoms with Crippen molar-refractivity contribution >= 4 is 23.3 Å². The zero-order valence-electron chi connectivity index (χ0n) is 14.8. The topological polar surface area (TPSA) is 126 Å². The second-order valence-electron chi connectivity index (χ2n) is 6.57. The number of carbonyl (C=O) groups is 2. The van der Waals surface area contributed by atoms with Gasteiger partial charge in [-0.25, -0.2) is 4.79 Å². The molecule has 2 rings (SSSR count). The Kier molecular flexibility index (Phi) is 5.45. The number of benzene rings is 1. The van der Waals surface area contributed by atoms with E-state index in [2.05, 4.69) is 11.4 Å². The molecule has 0 bridgehead atoms. The van der Waals surface area contributed by atoms with Gasteiger partial charge in [-0.05, 0) is 37.8 Å². The van der Waals surface area contributed by atoms with E-state index in [4.69, 9.17) is 4.74 Å². The number of hydrogen-bond donors (Lipinski definition) is 1. The number of ether oxygens (including phenoxy) is 1. The fraction of sp³-hybridized carbons (Fsp3) is 0.471. The Morgan fingerprint density at radius 2 is 2.12 bits per heavy atom. The molecule has 0 radical (unpaired) electrons. The van der Waals surface area contributed by atoms with E-state index < -0.39 is 28.9 Å². The van der Waals surface area contributed by atoms with Gasteiger partial charge in [-0.2, -0.15) is 5.26 Å². The van der Waals surface area contributed by atoms with E-state index >= 15 is 0 Å². The highest BCUT2D eigenvalue weighted by atomic mass is 16.6. The molecule has 0 heterocycles. The molecule has 1 amide bonds. The van der Waals surface area contributed by atoms with Crippen LogP contribution in [0.4, 0.5) is 11.4 Å². The van der Waals surface area contributed by atoms with Gasteiger partial charge in [-0.1, -0.05) is 0 Å². The Bertz CT molecular complexity index is 782. The largest absolute Gasteiger partial charge is 0.452 e. The van der Waals surface area contributed by atoms with Crippen LogP contribution >= 0.6 is 0 Å². The highest BCUT2D eigenvalue weighted by Gasteiger charge is 2.43. The first-order chi connectivity index (χ1) is 12.2. The van der Waals surface area contributed by atoms with Crippen molar-refractivity contribution in [3.63, 3.8) is 0 Å². The second kappa shape index (κ2) is 7.39. The first-order valence-electron chi connectivity index (χ1n) is 8.03. The fourth-order valence-electron chi connectivity index (χ4n) is 2.60. The van der Waals surface area contributed by atoms with Crippen LogP contribution in [0.1, 0.15) is 30.1 Å². The number of esters is 1. The van der Waals surface area contributed by atoms with Crippen LogP contribution in [0, 0.1) is 27.4 Å². The van der Waals surface area contributed by atoms with Crippen LogP contribution in [-0.4, -0.2) is 43.0 Å². The number of carbonyl (C=O) groups excluding carboxylic acids is 2. The molecule has 1 aromatic rings. The molecule has 1 N–H and O–H groups in total. The van der Waals surface area contributed by atoms with Crippen molar-refractivity contribution < 1.29 is 19.2 Å². The summed E-state index contributed by atoms with van der Waals surface area (Å²) < 4.78 is 4.92. The van der Waals surface area contributed by atoms with Crippen molar-refractivity contribution in [2.24, 2.45) is 5.92 Å². The average molecular weight is 360 g/mol. The monoisotopic (exact) mass is 360 g/mol. The maximum atomic E-state index is 12.1. The van der Waals surface area contributed by atoms with Crippen molar-refractivity contribution in [1.82, 2.24) is 5.32 Å². The third kappa shape index (κ3) is 4.27. The molecular weight excluding hydrogens is 340 g/mol. The molecular formula is C17H20N4O5. The average Bonchev–Trinajstić information content (AvgIpc) is 3.44. The number of anilines is 1. The van der Waals surface area contributed by atoms with Gasteiger partial charge in [-0.15, -0.1) is 0 Å². The smallest absolute Gasteiger partial charge is 0.338 e. The van der Waals surface area contributed by atoms with Gasteiger partial charge in [-0.3, -0.25) is 14.9 Å². The third-order valence-corrected chi connectivity index (χ3v) is 4.25. The summed E-state index contributed by atoms with van der Waals surface area (Å²) in [6.45, 7) is 1.07. The van der Waals surface area contributed by atoms with Crippen LogP contribution in [0.15, 0.2) is 18.2 Å². The predicted molar refractivity (Wildman–Crippen MR) is 92.6 cm³/mol. The Balaban J connectivity index is 2.01. The molecule has 1 atom stereocenters. The first-order valence-corrected chi connectivity index (χ1v) is 8.03. The van der Waals surface area contributed by atoms with Crippen LogP contribution in [-0.2, 0) is 9.53 Å². The highest BCUT2D eigenvalue weighted by molar-refractivity contribution is 5.93. The SMILES string of the molecule is CN(C)c1ccc(C(=O)OCC(=O)N[C@@](C)(C#N)C2CC2)cc1[N+](=O)[O-]. The molecule has 9 heteroatoms. The molecule has 1 aromatic carbocycles. The molecule has 0 saturated heterocycles. The second-order valence-corrected chi connectivity index (χ2v) is 6.57. The molecule has 138 valence electrons. The summed E-state index contributed by atoms with van der Waals surface area (Å²) in [5.41, 5.74) is -0.895. The van der Waals surface area contributed by atoms with Crippen molar-refractivity contribution in [1.29, 1.82) is 5.26 Å². The Morgan fingerprint density at radius 1 is 1.46 bits per heavy atom. The van der Waals surface area contributed by atoms with Gasteiger partial charge in [0, 0.05) is 20.2 Å². The molecule has 1 fully saturated rings. The molecule has 0 aromatic heterocycles. The van der Waals surface area contributed by atoms with Gasteiger partial charge in [0.15, 0.2) is 6.61 Å². The maximum absolute atomic E-state index is 12.1. The minimum Gasteiger partial charge on any atom is -0.452 e. The van der Waals surface area contributed by atoms with Crippen LogP contribution in [0.25, 0.3) is 0 Å². The zero-order chi connectivity index (χ0) is 19.5. The number of hydrogen-bond acceptors (Lipinski definition) is 7. The van der Waals surface area contributed by atoms with Crippen LogP contribution in [0.2, 0.25) is 0 Å². The van der Waals surface area contributed by atoms with Gasteiger partial charge in [0.25, 0.3) is 11.6 Å². The van der Waals surface area contributed by atoms with Gasteiger partial charge >= 0.3 is 5.97 Å². The van der Waals surface area contributed by atoms with Crippen LogP contribution in [0.3, 0.4) is 0 Å². The number of amides is 1. The van der Waals surface area contributed by atoms with Gasteiger partial charge in [0.2, 0.25) is 0 Å². The zero-order valence-corrected chi connectivity index (χ0v) is 14.8. The number of nitriles is 1. The van der Waals surface area contributed by atoms with Crippen molar-refractivity contribution in [2.75, 3.05) is 25.6 Å². The van der Waals surface area contributed by atoms with E-state index in [1.54, 1.807) is 25.9 Å². The molecule has 26 heavy (non-hydrogen) atoms. The summed E-state index contributed by atoms with van der Waals surface area (Å²) >= 11 is 0. The minimum atomic E-state index is -0.977. The first kappa shape index (κ1) is 19.2. The van der Waals surface area contributed by atoms with E-state index in [-0.39, 0.29) is 17.2 Å². The van der Waals surface area contributed by atoms with Gasteiger partial charge < -0.3 is 15.0 Å². The molecule has 9 nitrogen and oxygen atoms in total. The normalized spacial score (nSPS) is 15.3. The summed E-state index contributed by atoms with van der Waals surface area (Å²) in [4.78, 5) is 36.2. The Labute approximate surface area is 150 Å². The molecule has 0 aliphatic heterocycles. The molecule has 1 aliphatic carbocycles. The summed E-state index contributed by atoms with van der Waals surface area (Å²) in [6.07, 6.45) is 1.73. The lowest BCUT2D eigenvalue weighted by atomic mass is 9.98. The van der Waals surface area contributed by atoms with E-state index in [9.17, 15) is 25.0 Å². The summed E-state index contributed by atoms with van der Waals surface area (Å²) in [6, 6.07) is 6.02. The minimum absolute atomic E-state index is 0.0275. The molecule has 0 unspecified atom stereocenters. The van der Waals surface area contributed by atoms with Crippen molar-refractivity contribution in [3.05, 3.63) is 33.9 Å². The van der Waals surface area contributed by atoms with E-state index in [0.717, 1.165) is 18.9 Å². The van der Waals surface area contributed by atoms with Crippen LogP contribution in [0.5, 0.6) is 0 Å². The Hall–Kier alpha value is -3.15. The van der Waals surface area contributed by atoms with E-state index in [1.165, 1.54) is 12.1 Å². The predicted octanol–water partition coefficient (Wildman–Crippen LogP) is 1.63. The summed E-state index contributed by atoms with van der Waals surface area (Å²) in [7, 11) is 3.30. The fourth-order valence-corrected chi connectivity index (χ4v) is 2.60. The van der Waals surface area contributed by atoms with Crippen molar-refractivity contribution in [3.8, 4) is 6.07 Å². The number of nitro groups is 1. The maximum Gasteiger partial charge on any atom is 0.338 e. The molecule has 0 spiro atoms. The summed E-state index contributed by atoms with van der Waals surface area (Å²) in [5.74, 6) is -1.33. The number of rotatable bonds is 7. The van der Waals surface area contributed by atoms with E-state index in [1.807, 2.05) is 0 Å². The number of nitrogens with zero attached hydrogens (tertiary/aromatic N) is 3. The number of nitrogens with one attached hydrogen (secondary N) is 1. The van der Waals surface area contributed by atoms with Gasteiger partial charge in [0.1, 0.15) is 11.2 Å².